The van der Waals surface area contributed by atoms with E-state index in [0.29, 0.717) is 19.8 Å². The van der Waals surface area contributed by atoms with Crippen LogP contribution in [-0.2, 0) is 27.4 Å². The molecule has 3 rings (SSSR count). The van der Waals surface area contributed by atoms with E-state index < -0.39 is 0 Å². The number of rotatable bonds is 10. The van der Waals surface area contributed by atoms with E-state index in [1.54, 1.807) is 18.0 Å². The van der Waals surface area contributed by atoms with Crippen molar-refractivity contribution >= 4 is 17.7 Å². The lowest BCUT2D eigenvalue weighted by Crippen LogP contribution is -2.12. The van der Waals surface area contributed by atoms with Gasteiger partial charge < -0.3 is 14.0 Å². The van der Waals surface area contributed by atoms with E-state index in [2.05, 4.69) is 35.5 Å². The topological polar surface area (TPSA) is 66.2 Å². The minimum absolute atomic E-state index is 0.235. The van der Waals surface area contributed by atoms with E-state index in [1.165, 1.54) is 6.92 Å². The normalized spacial score (nSPS) is 11.1. The molecular weight excluding hydrogens is 398 g/mol. The summed E-state index contributed by atoms with van der Waals surface area (Å²) in [5.41, 5.74) is 2.00. The highest BCUT2D eigenvalue weighted by atomic mass is 32.2. The molecule has 6 nitrogen and oxygen atoms in total. The average molecular weight is 426 g/mol. The summed E-state index contributed by atoms with van der Waals surface area (Å²) < 4.78 is 12.9. The zero-order valence-corrected chi connectivity index (χ0v) is 18.4. The smallest absolute Gasteiger partial charge is 0.302 e. The maximum absolute atomic E-state index is 10.9. The van der Waals surface area contributed by atoms with Gasteiger partial charge in [0.2, 0.25) is 0 Å². The number of carbonyl (C=O) groups is 1. The monoisotopic (exact) mass is 425 g/mol. The van der Waals surface area contributed by atoms with Crippen LogP contribution >= 0.6 is 11.8 Å². The van der Waals surface area contributed by atoms with Gasteiger partial charge in [0.25, 0.3) is 0 Å². The van der Waals surface area contributed by atoms with Crippen molar-refractivity contribution in [2.75, 3.05) is 13.2 Å². The summed E-state index contributed by atoms with van der Waals surface area (Å²) in [4.78, 5) is 21.5. The van der Waals surface area contributed by atoms with Crippen molar-refractivity contribution in [3.8, 4) is 0 Å². The first kappa shape index (κ1) is 22.1. The quantitative estimate of drug-likeness (QED) is 0.347. The van der Waals surface area contributed by atoms with Crippen LogP contribution in [0.2, 0.25) is 0 Å². The Morgan fingerprint density at radius 2 is 1.87 bits per heavy atom. The van der Waals surface area contributed by atoms with Crippen molar-refractivity contribution in [1.82, 2.24) is 14.5 Å². The molecule has 7 heteroatoms. The highest BCUT2D eigenvalue weighted by Crippen LogP contribution is 2.35. The van der Waals surface area contributed by atoms with Crippen molar-refractivity contribution in [1.29, 1.82) is 0 Å². The van der Waals surface area contributed by atoms with E-state index in [9.17, 15) is 4.79 Å². The van der Waals surface area contributed by atoms with Gasteiger partial charge in [-0.1, -0.05) is 49.9 Å². The van der Waals surface area contributed by atoms with Crippen LogP contribution in [-0.4, -0.2) is 33.7 Å². The number of ether oxygens (including phenoxy) is 2. The molecule has 2 aromatic heterocycles. The fourth-order valence-electron chi connectivity index (χ4n) is 2.92. The summed E-state index contributed by atoms with van der Waals surface area (Å²) in [5.74, 6) is 0.797. The predicted molar refractivity (Wildman–Crippen MR) is 117 cm³/mol. The van der Waals surface area contributed by atoms with Gasteiger partial charge in [0, 0.05) is 18.0 Å². The fourth-order valence-corrected chi connectivity index (χ4v) is 4.10. The fraction of sp³-hybridized carbons (Fsp3) is 0.348. The summed E-state index contributed by atoms with van der Waals surface area (Å²) in [6.45, 7) is 7.19. The maximum atomic E-state index is 10.9. The molecule has 0 saturated heterocycles. The number of carbonyl (C=O) groups excluding carboxylic acids is 1. The van der Waals surface area contributed by atoms with Gasteiger partial charge in [-0.25, -0.2) is 4.98 Å². The molecule has 158 valence electrons. The van der Waals surface area contributed by atoms with Gasteiger partial charge in [-0.15, -0.1) is 0 Å². The number of hydrogen-bond donors (Lipinski definition) is 0. The molecule has 0 unspecified atom stereocenters. The molecule has 0 saturated carbocycles. The third-order valence-electron chi connectivity index (χ3n) is 4.34. The lowest BCUT2D eigenvalue weighted by atomic mass is 10.1. The molecule has 0 aliphatic carbocycles. The number of aromatic nitrogens is 3. The molecule has 0 aliphatic rings. The number of pyridine rings is 1. The number of esters is 1. The highest BCUT2D eigenvalue weighted by molar-refractivity contribution is 7.99. The molecule has 1 aromatic carbocycles. The lowest BCUT2D eigenvalue weighted by molar-refractivity contribution is -0.142. The van der Waals surface area contributed by atoms with Crippen LogP contribution in [0.15, 0.2) is 64.6 Å². The van der Waals surface area contributed by atoms with Crippen molar-refractivity contribution in [3.63, 3.8) is 0 Å². The van der Waals surface area contributed by atoms with Gasteiger partial charge in [0.15, 0.2) is 0 Å². The molecule has 30 heavy (non-hydrogen) atoms. The second kappa shape index (κ2) is 10.9. The summed E-state index contributed by atoms with van der Waals surface area (Å²) in [7, 11) is 0. The minimum atomic E-state index is -0.307. The standard InChI is InChI=1S/C23H27N3O3S/c1-17(2)22-23(30-20-10-5-4-6-11-20)26(15-19-9-7-8-12-24-19)21(25-22)16-28-13-14-29-18(3)27/h4-12,17H,13-16H2,1-3H3. The molecule has 0 atom stereocenters. The number of nitrogens with zero attached hydrogens (tertiary/aromatic N) is 3. The van der Waals surface area contributed by atoms with E-state index >= 15 is 0 Å². The van der Waals surface area contributed by atoms with Crippen LogP contribution in [0, 0.1) is 0 Å². The highest BCUT2D eigenvalue weighted by Gasteiger charge is 2.21. The van der Waals surface area contributed by atoms with Gasteiger partial charge in [-0.05, 0) is 30.2 Å². The van der Waals surface area contributed by atoms with Crippen LogP contribution in [0.5, 0.6) is 0 Å². The Bertz CT molecular complexity index is 943. The summed E-state index contributed by atoms with van der Waals surface area (Å²) in [5, 5.41) is 1.10. The molecule has 0 fully saturated rings. The van der Waals surface area contributed by atoms with Gasteiger partial charge in [0.1, 0.15) is 24.1 Å². The number of benzene rings is 1. The largest absolute Gasteiger partial charge is 0.463 e. The second-order valence-electron chi connectivity index (χ2n) is 7.09. The molecule has 2 heterocycles. The van der Waals surface area contributed by atoms with Gasteiger partial charge >= 0.3 is 5.97 Å². The third kappa shape index (κ3) is 6.18. The maximum Gasteiger partial charge on any atom is 0.302 e. The molecule has 0 spiro atoms. The Labute approximate surface area is 181 Å². The van der Waals surface area contributed by atoms with Gasteiger partial charge in [-0.2, -0.15) is 0 Å². The van der Waals surface area contributed by atoms with E-state index in [1.807, 2.05) is 36.4 Å². The van der Waals surface area contributed by atoms with Crippen LogP contribution in [0.25, 0.3) is 0 Å². The van der Waals surface area contributed by atoms with E-state index in [0.717, 1.165) is 27.1 Å². The SMILES string of the molecule is CC(=O)OCCOCc1nc(C(C)C)c(Sc2ccccc2)n1Cc1ccccn1. The first-order chi connectivity index (χ1) is 14.5. The van der Waals surface area contributed by atoms with Crippen LogP contribution in [0.1, 0.15) is 43.9 Å². The van der Waals surface area contributed by atoms with Crippen molar-refractivity contribution in [2.24, 2.45) is 0 Å². The number of imidazole rings is 1. The van der Waals surface area contributed by atoms with Crippen LogP contribution in [0.3, 0.4) is 0 Å². The third-order valence-corrected chi connectivity index (χ3v) is 5.47. The Morgan fingerprint density at radius 1 is 1.10 bits per heavy atom. The van der Waals surface area contributed by atoms with E-state index in [4.69, 9.17) is 14.5 Å². The molecule has 0 N–H and O–H groups in total. The summed E-state index contributed by atoms with van der Waals surface area (Å²) >= 11 is 1.70. The first-order valence-electron chi connectivity index (χ1n) is 9.97. The van der Waals surface area contributed by atoms with Crippen molar-refractivity contribution < 1.29 is 14.3 Å². The van der Waals surface area contributed by atoms with E-state index in [-0.39, 0.29) is 18.5 Å². The van der Waals surface area contributed by atoms with Gasteiger partial charge in [-0.3, -0.25) is 9.78 Å². The van der Waals surface area contributed by atoms with Crippen LogP contribution in [0.4, 0.5) is 0 Å². The summed E-state index contributed by atoms with van der Waals surface area (Å²) in [6, 6.07) is 16.2. The molecule has 3 aromatic rings. The lowest BCUT2D eigenvalue weighted by Gasteiger charge is -2.13. The zero-order chi connectivity index (χ0) is 21.3. The van der Waals surface area contributed by atoms with Crippen LogP contribution < -0.4 is 0 Å². The number of hydrogen-bond acceptors (Lipinski definition) is 6. The Kier molecular flexibility index (Phi) is 8.04. The van der Waals surface area contributed by atoms with Crippen molar-refractivity contribution in [2.45, 2.75) is 49.8 Å². The molecule has 0 aliphatic heterocycles. The Hall–Kier alpha value is -2.64. The second-order valence-corrected chi connectivity index (χ2v) is 8.15. The zero-order valence-electron chi connectivity index (χ0n) is 17.6. The molecule has 0 amide bonds. The summed E-state index contributed by atoms with van der Waals surface area (Å²) in [6.07, 6.45) is 1.80. The Balaban J connectivity index is 1.89. The average Bonchev–Trinajstić information content (AvgIpc) is 3.06. The van der Waals surface area contributed by atoms with Crippen molar-refractivity contribution in [3.05, 3.63) is 71.9 Å². The molecule has 0 bridgehead atoms. The first-order valence-corrected chi connectivity index (χ1v) is 10.8. The Morgan fingerprint density at radius 3 is 2.53 bits per heavy atom. The predicted octanol–water partition coefficient (Wildman–Crippen LogP) is 4.68. The van der Waals surface area contributed by atoms with Gasteiger partial charge in [0.05, 0.1) is 24.5 Å². The molecule has 0 radical (unpaired) electrons. The minimum Gasteiger partial charge on any atom is -0.463 e. The molecular formula is C23H27N3O3S.